The van der Waals surface area contributed by atoms with Crippen LogP contribution >= 0.6 is 27.5 Å². The largest absolute Gasteiger partial charge is 0.508 e. The van der Waals surface area contributed by atoms with Gasteiger partial charge in [-0.2, -0.15) is 0 Å². The zero-order valence-electron chi connectivity index (χ0n) is 11.0. The summed E-state index contributed by atoms with van der Waals surface area (Å²) in [5.74, 6) is -0.0348. The predicted octanol–water partition coefficient (Wildman–Crippen LogP) is 4.68. The number of amides is 1. The molecule has 0 aliphatic rings. The number of nitrogens with one attached hydrogen (secondary N) is 1. The smallest absolute Gasteiger partial charge is 0.255 e. The highest BCUT2D eigenvalue weighted by Gasteiger charge is 2.11. The van der Waals surface area contributed by atoms with Gasteiger partial charge in [-0.05, 0) is 55.3 Å². The minimum atomic E-state index is -0.249. The number of benzene rings is 2. The molecule has 2 rings (SSSR count). The second-order valence-electron chi connectivity index (χ2n) is 4.57. The highest BCUT2D eigenvalue weighted by Crippen LogP contribution is 2.26. The van der Waals surface area contributed by atoms with E-state index in [-0.39, 0.29) is 11.7 Å². The maximum absolute atomic E-state index is 12.2. The number of phenolic OH excluding ortho intramolecular Hbond substituents is 1. The summed E-state index contributed by atoms with van der Waals surface area (Å²) in [6, 6.07) is 8.38. The second kappa shape index (κ2) is 5.85. The van der Waals surface area contributed by atoms with Crippen LogP contribution in [-0.2, 0) is 0 Å². The van der Waals surface area contributed by atoms with E-state index in [1.807, 2.05) is 6.92 Å². The number of hydrogen-bond donors (Lipinski definition) is 2. The molecule has 0 fully saturated rings. The quantitative estimate of drug-likeness (QED) is 0.770. The molecule has 104 valence electrons. The average Bonchev–Trinajstić information content (AvgIpc) is 2.34. The van der Waals surface area contributed by atoms with Crippen molar-refractivity contribution in [2.45, 2.75) is 13.8 Å². The van der Waals surface area contributed by atoms with Crippen molar-refractivity contribution in [1.82, 2.24) is 0 Å². The number of carbonyl (C=O) groups is 1. The van der Waals surface area contributed by atoms with Crippen molar-refractivity contribution >= 4 is 39.1 Å². The van der Waals surface area contributed by atoms with E-state index in [1.54, 1.807) is 37.3 Å². The summed E-state index contributed by atoms with van der Waals surface area (Å²) in [5, 5.41) is 12.9. The van der Waals surface area contributed by atoms with E-state index in [0.717, 1.165) is 10.0 Å². The van der Waals surface area contributed by atoms with Gasteiger partial charge < -0.3 is 10.4 Å². The van der Waals surface area contributed by atoms with Crippen molar-refractivity contribution in [2.24, 2.45) is 0 Å². The van der Waals surface area contributed by atoms with Crippen LogP contribution in [0.1, 0.15) is 21.5 Å². The van der Waals surface area contributed by atoms with Gasteiger partial charge in [0.15, 0.2) is 0 Å². The third-order valence-corrected chi connectivity index (χ3v) is 3.59. The van der Waals surface area contributed by atoms with Crippen molar-refractivity contribution in [3.05, 3.63) is 56.5 Å². The maximum atomic E-state index is 12.2. The van der Waals surface area contributed by atoms with Crippen molar-refractivity contribution in [3.8, 4) is 5.75 Å². The molecular weight excluding hydrogens is 342 g/mol. The van der Waals surface area contributed by atoms with Crippen molar-refractivity contribution in [3.63, 3.8) is 0 Å². The Morgan fingerprint density at radius 3 is 2.50 bits per heavy atom. The molecule has 0 spiro atoms. The van der Waals surface area contributed by atoms with Crippen LogP contribution in [0, 0.1) is 13.8 Å². The Kier molecular flexibility index (Phi) is 4.35. The fourth-order valence-electron chi connectivity index (χ4n) is 1.82. The van der Waals surface area contributed by atoms with Crippen LogP contribution < -0.4 is 5.32 Å². The van der Waals surface area contributed by atoms with Crippen LogP contribution in [-0.4, -0.2) is 11.0 Å². The fourth-order valence-corrected chi connectivity index (χ4v) is 2.68. The van der Waals surface area contributed by atoms with Gasteiger partial charge >= 0.3 is 0 Å². The Labute approximate surface area is 130 Å². The van der Waals surface area contributed by atoms with Gasteiger partial charge in [0.1, 0.15) is 5.75 Å². The van der Waals surface area contributed by atoms with E-state index in [2.05, 4.69) is 21.2 Å². The van der Waals surface area contributed by atoms with Gasteiger partial charge in [0.25, 0.3) is 5.91 Å². The molecule has 2 N–H and O–H groups in total. The van der Waals surface area contributed by atoms with Crippen molar-refractivity contribution < 1.29 is 9.90 Å². The molecule has 3 nitrogen and oxygen atoms in total. The maximum Gasteiger partial charge on any atom is 0.255 e. The predicted molar refractivity (Wildman–Crippen MR) is 84.7 cm³/mol. The first kappa shape index (κ1) is 14.9. The minimum absolute atomic E-state index is 0.214. The van der Waals surface area contributed by atoms with E-state index in [1.165, 1.54) is 0 Å². The first-order valence-electron chi connectivity index (χ1n) is 5.94. The molecule has 0 aliphatic heterocycles. The second-order valence-corrected chi connectivity index (χ2v) is 5.92. The molecule has 0 heterocycles. The highest BCUT2D eigenvalue weighted by molar-refractivity contribution is 9.10. The first-order valence-corrected chi connectivity index (χ1v) is 7.11. The summed E-state index contributed by atoms with van der Waals surface area (Å²) < 4.78 is 0.744. The van der Waals surface area contributed by atoms with Crippen LogP contribution in [0.3, 0.4) is 0 Å². The molecule has 2 aromatic rings. The van der Waals surface area contributed by atoms with E-state index in [0.29, 0.717) is 21.8 Å². The molecule has 0 saturated carbocycles. The summed E-state index contributed by atoms with van der Waals surface area (Å²) in [6.45, 7) is 3.60. The van der Waals surface area contributed by atoms with Crippen LogP contribution in [0.2, 0.25) is 5.02 Å². The summed E-state index contributed by atoms with van der Waals surface area (Å²) in [7, 11) is 0. The van der Waals surface area contributed by atoms with Crippen LogP contribution in [0.15, 0.2) is 34.8 Å². The van der Waals surface area contributed by atoms with Crippen LogP contribution in [0.5, 0.6) is 5.75 Å². The lowest BCUT2D eigenvalue weighted by atomic mass is 10.1. The summed E-state index contributed by atoms with van der Waals surface area (Å²) in [6.07, 6.45) is 0. The van der Waals surface area contributed by atoms with Crippen LogP contribution in [0.4, 0.5) is 5.69 Å². The Morgan fingerprint density at radius 1 is 1.15 bits per heavy atom. The monoisotopic (exact) mass is 353 g/mol. The van der Waals surface area contributed by atoms with Gasteiger partial charge in [-0.1, -0.05) is 27.5 Å². The summed E-state index contributed by atoms with van der Waals surface area (Å²) in [5.41, 5.74) is 2.64. The molecule has 0 saturated heterocycles. The molecule has 20 heavy (non-hydrogen) atoms. The van der Waals surface area contributed by atoms with E-state index in [4.69, 9.17) is 11.6 Å². The summed E-state index contributed by atoms with van der Waals surface area (Å²) >= 11 is 9.24. The standard InChI is InChI=1S/C15H13BrClNO2/c1-8-4-14(19)9(2)3-13(8)18-15(20)10-5-11(16)7-12(17)6-10/h3-7,19H,1-2H3,(H,18,20). The van der Waals surface area contributed by atoms with Crippen molar-refractivity contribution in [2.75, 3.05) is 5.32 Å². The zero-order valence-corrected chi connectivity index (χ0v) is 13.3. The SMILES string of the molecule is Cc1cc(NC(=O)c2cc(Cl)cc(Br)c2)c(C)cc1O. The number of halogens is 2. The molecule has 0 unspecified atom stereocenters. The number of aromatic hydroxyl groups is 1. The normalized spacial score (nSPS) is 10.4. The van der Waals surface area contributed by atoms with Gasteiger partial charge in [0.2, 0.25) is 0 Å². The number of rotatable bonds is 2. The topological polar surface area (TPSA) is 49.3 Å². The average molecular weight is 355 g/mol. The van der Waals surface area contributed by atoms with E-state index < -0.39 is 0 Å². The number of phenols is 1. The molecule has 0 radical (unpaired) electrons. The molecule has 1 amide bonds. The lowest BCUT2D eigenvalue weighted by molar-refractivity contribution is 0.102. The Hall–Kier alpha value is -1.52. The van der Waals surface area contributed by atoms with E-state index in [9.17, 15) is 9.90 Å². The highest BCUT2D eigenvalue weighted by atomic mass is 79.9. The first-order chi connectivity index (χ1) is 9.36. The van der Waals surface area contributed by atoms with E-state index >= 15 is 0 Å². The van der Waals surface area contributed by atoms with Crippen LogP contribution in [0.25, 0.3) is 0 Å². The zero-order chi connectivity index (χ0) is 14.9. The molecule has 5 heteroatoms. The minimum Gasteiger partial charge on any atom is -0.508 e. The molecule has 0 aromatic heterocycles. The third-order valence-electron chi connectivity index (χ3n) is 2.92. The molecule has 0 atom stereocenters. The van der Waals surface area contributed by atoms with Gasteiger partial charge in [0.05, 0.1) is 0 Å². The molecule has 2 aromatic carbocycles. The number of carbonyl (C=O) groups excluding carboxylic acids is 1. The number of anilines is 1. The lowest BCUT2D eigenvalue weighted by Gasteiger charge is -2.11. The summed E-state index contributed by atoms with van der Waals surface area (Å²) in [4.78, 5) is 12.2. The number of aryl methyl sites for hydroxylation is 2. The lowest BCUT2D eigenvalue weighted by Crippen LogP contribution is -2.13. The Morgan fingerprint density at radius 2 is 1.85 bits per heavy atom. The fraction of sp³-hybridized carbons (Fsp3) is 0.133. The third kappa shape index (κ3) is 3.32. The van der Waals surface area contributed by atoms with Gasteiger partial charge in [0, 0.05) is 20.7 Å². The number of hydrogen-bond acceptors (Lipinski definition) is 2. The van der Waals surface area contributed by atoms with Gasteiger partial charge in [-0.3, -0.25) is 4.79 Å². The molecule has 0 aliphatic carbocycles. The van der Waals surface area contributed by atoms with Crippen molar-refractivity contribution in [1.29, 1.82) is 0 Å². The molecule has 0 bridgehead atoms. The Bertz CT molecular complexity index is 666. The van der Waals surface area contributed by atoms with Gasteiger partial charge in [-0.15, -0.1) is 0 Å². The molecular formula is C15H13BrClNO2. The Balaban J connectivity index is 2.30. The van der Waals surface area contributed by atoms with Gasteiger partial charge in [-0.25, -0.2) is 0 Å².